The molecule has 13 heavy (non-hydrogen) atoms. The molecule has 6 heteroatoms. The van der Waals surface area contributed by atoms with Crippen LogP contribution in [0.25, 0.3) is 0 Å². The van der Waals surface area contributed by atoms with Gasteiger partial charge in [-0.1, -0.05) is 22.5 Å². The maximum Gasteiger partial charge on any atom is 0.238 e. The number of carbonyl (C=O) groups excluding carboxylic acids is 1. The van der Waals surface area contributed by atoms with E-state index in [2.05, 4.69) is 33.1 Å². The lowest BCUT2D eigenvalue weighted by Crippen LogP contribution is -2.42. The average Bonchev–Trinajstić information content (AvgIpc) is 2.51. The van der Waals surface area contributed by atoms with Gasteiger partial charge >= 0.3 is 0 Å². The first-order valence-electron chi connectivity index (χ1n) is 3.62. The molecule has 1 fully saturated rings. The lowest BCUT2D eigenvalue weighted by molar-refractivity contribution is -0.122. The standard InChI is InChI=1S/C7H11BrN2OS.ClH/c1-5(8)2-9-7(11)6-3-12-4-10-6;/h6,10H,1-4H2,(H,9,11);1H/t6-;/m1./s1. The van der Waals surface area contributed by atoms with E-state index >= 15 is 0 Å². The van der Waals surface area contributed by atoms with Gasteiger partial charge in [0.1, 0.15) is 0 Å². The van der Waals surface area contributed by atoms with Crippen LogP contribution in [0.15, 0.2) is 11.1 Å². The number of rotatable bonds is 3. The summed E-state index contributed by atoms with van der Waals surface area (Å²) in [6.07, 6.45) is 0. The molecule has 0 spiro atoms. The molecule has 0 aromatic rings. The van der Waals surface area contributed by atoms with Gasteiger partial charge in [-0.05, 0) is 0 Å². The highest BCUT2D eigenvalue weighted by atomic mass is 79.9. The molecule has 0 unspecified atom stereocenters. The van der Waals surface area contributed by atoms with E-state index in [1.54, 1.807) is 11.8 Å². The van der Waals surface area contributed by atoms with Gasteiger partial charge in [0.05, 0.1) is 6.04 Å². The molecule has 0 bridgehead atoms. The van der Waals surface area contributed by atoms with Gasteiger partial charge in [-0.3, -0.25) is 10.1 Å². The molecule has 0 aliphatic carbocycles. The second-order valence-electron chi connectivity index (χ2n) is 2.51. The molecule has 1 rings (SSSR count). The van der Waals surface area contributed by atoms with Crippen molar-refractivity contribution in [2.45, 2.75) is 6.04 Å². The fourth-order valence-electron chi connectivity index (χ4n) is 0.870. The van der Waals surface area contributed by atoms with Crippen LogP contribution in [-0.2, 0) is 4.79 Å². The fourth-order valence-corrected chi connectivity index (χ4v) is 1.95. The summed E-state index contributed by atoms with van der Waals surface area (Å²) in [7, 11) is 0. The van der Waals surface area contributed by atoms with Crippen molar-refractivity contribution in [2.24, 2.45) is 0 Å². The zero-order valence-corrected chi connectivity index (χ0v) is 10.2. The first kappa shape index (κ1) is 13.3. The Bertz CT molecular complexity index is 197. The summed E-state index contributed by atoms with van der Waals surface area (Å²) in [5, 5.41) is 5.85. The van der Waals surface area contributed by atoms with E-state index in [1.807, 2.05) is 0 Å². The zero-order chi connectivity index (χ0) is 8.97. The molecule has 1 atom stereocenters. The van der Waals surface area contributed by atoms with Crippen molar-refractivity contribution in [3.63, 3.8) is 0 Å². The van der Waals surface area contributed by atoms with Gasteiger partial charge in [-0.2, -0.15) is 0 Å². The minimum absolute atomic E-state index is 0. The maximum atomic E-state index is 11.3. The van der Waals surface area contributed by atoms with Crippen LogP contribution in [0.2, 0.25) is 0 Å². The van der Waals surface area contributed by atoms with Gasteiger partial charge in [-0.15, -0.1) is 24.2 Å². The van der Waals surface area contributed by atoms with Crippen molar-refractivity contribution in [3.05, 3.63) is 11.1 Å². The Morgan fingerprint density at radius 3 is 2.92 bits per heavy atom. The summed E-state index contributed by atoms with van der Waals surface area (Å²) < 4.78 is 0.793. The van der Waals surface area contributed by atoms with Crippen molar-refractivity contribution in [1.29, 1.82) is 0 Å². The van der Waals surface area contributed by atoms with E-state index in [-0.39, 0.29) is 24.4 Å². The Hall–Kier alpha value is 0.290. The fraction of sp³-hybridized carbons (Fsp3) is 0.571. The van der Waals surface area contributed by atoms with E-state index in [0.717, 1.165) is 16.1 Å². The summed E-state index contributed by atoms with van der Waals surface area (Å²) in [6.45, 7) is 4.13. The van der Waals surface area contributed by atoms with Crippen molar-refractivity contribution in [1.82, 2.24) is 10.6 Å². The number of amides is 1. The molecule has 1 saturated heterocycles. The molecular formula is C7H12BrClN2OS. The van der Waals surface area contributed by atoms with Crippen molar-refractivity contribution >= 4 is 46.0 Å². The largest absolute Gasteiger partial charge is 0.350 e. The molecule has 0 saturated carbocycles. The molecule has 0 aromatic heterocycles. The zero-order valence-electron chi connectivity index (χ0n) is 7.01. The summed E-state index contributed by atoms with van der Waals surface area (Å²) >= 11 is 4.92. The molecule has 1 heterocycles. The van der Waals surface area contributed by atoms with Gasteiger partial charge in [0.25, 0.3) is 0 Å². The average molecular weight is 288 g/mol. The Balaban J connectivity index is 0.00000144. The van der Waals surface area contributed by atoms with Gasteiger partial charge in [0, 0.05) is 22.7 Å². The summed E-state index contributed by atoms with van der Waals surface area (Å²) in [6, 6.07) is -0.0261. The highest BCUT2D eigenvalue weighted by molar-refractivity contribution is 9.11. The van der Waals surface area contributed by atoms with Crippen LogP contribution in [0.1, 0.15) is 0 Å². The van der Waals surface area contributed by atoms with E-state index < -0.39 is 0 Å². The molecule has 1 amide bonds. The maximum absolute atomic E-state index is 11.3. The smallest absolute Gasteiger partial charge is 0.238 e. The quantitative estimate of drug-likeness (QED) is 0.817. The van der Waals surface area contributed by atoms with Gasteiger partial charge < -0.3 is 5.32 Å². The Morgan fingerprint density at radius 2 is 2.46 bits per heavy atom. The van der Waals surface area contributed by atoms with E-state index in [0.29, 0.717) is 6.54 Å². The Kier molecular flexibility index (Phi) is 6.85. The number of nitrogens with one attached hydrogen (secondary N) is 2. The third kappa shape index (κ3) is 4.90. The minimum atomic E-state index is -0.0261. The van der Waals surface area contributed by atoms with Gasteiger partial charge in [0.2, 0.25) is 5.91 Å². The number of halogens is 2. The monoisotopic (exact) mass is 286 g/mol. The Labute approximate surface area is 96.6 Å². The summed E-state index contributed by atoms with van der Waals surface area (Å²) in [4.78, 5) is 11.3. The molecule has 2 N–H and O–H groups in total. The lowest BCUT2D eigenvalue weighted by atomic mass is 10.3. The van der Waals surface area contributed by atoms with Crippen LogP contribution in [0.5, 0.6) is 0 Å². The molecule has 0 aromatic carbocycles. The second kappa shape index (κ2) is 6.70. The summed E-state index contributed by atoms with van der Waals surface area (Å²) in [5.74, 6) is 1.79. The first-order valence-corrected chi connectivity index (χ1v) is 5.57. The number of hydrogen-bond donors (Lipinski definition) is 2. The van der Waals surface area contributed by atoms with Crippen LogP contribution < -0.4 is 10.6 Å². The molecule has 76 valence electrons. The second-order valence-corrected chi connectivity index (χ2v) is 4.66. The minimum Gasteiger partial charge on any atom is -0.350 e. The first-order chi connectivity index (χ1) is 5.70. The summed E-state index contributed by atoms with van der Waals surface area (Å²) in [5.41, 5.74) is 0. The van der Waals surface area contributed by atoms with Crippen LogP contribution in [0.4, 0.5) is 0 Å². The van der Waals surface area contributed by atoms with Crippen LogP contribution >= 0.6 is 40.1 Å². The molecule has 1 aliphatic heterocycles. The highest BCUT2D eigenvalue weighted by Gasteiger charge is 2.21. The molecular weight excluding hydrogens is 276 g/mol. The predicted octanol–water partition coefficient (Wildman–Crippen LogP) is 1.10. The normalized spacial score (nSPS) is 20.5. The van der Waals surface area contributed by atoms with Gasteiger partial charge in [-0.25, -0.2) is 0 Å². The third-order valence-electron chi connectivity index (χ3n) is 1.49. The topological polar surface area (TPSA) is 41.1 Å². The van der Waals surface area contributed by atoms with Crippen molar-refractivity contribution in [3.8, 4) is 0 Å². The van der Waals surface area contributed by atoms with E-state index in [1.165, 1.54) is 0 Å². The SMILES string of the molecule is C=C(Br)CNC(=O)[C@H]1CSCN1.Cl. The van der Waals surface area contributed by atoms with Crippen LogP contribution in [0, 0.1) is 0 Å². The van der Waals surface area contributed by atoms with Crippen LogP contribution in [-0.4, -0.2) is 30.1 Å². The number of carbonyl (C=O) groups is 1. The van der Waals surface area contributed by atoms with E-state index in [9.17, 15) is 4.79 Å². The molecule has 1 aliphatic rings. The Morgan fingerprint density at radius 1 is 1.77 bits per heavy atom. The predicted molar refractivity (Wildman–Crippen MR) is 62.6 cm³/mol. The van der Waals surface area contributed by atoms with Crippen molar-refractivity contribution in [2.75, 3.05) is 18.2 Å². The van der Waals surface area contributed by atoms with Gasteiger partial charge in [0.15, 0.2) is 0 Å². The number of thioether (sulfide) groups is 1. The molecule has 3 nitrogen and oxygen atoms in total. The van der Waals surface area contributed by atoms with Crippen LogP contribution in [0.3, 0.4) is 0 Å². The van der Waals surface area contributed by atoms with E-state index in [4.69, 9.17) is 0 Å². The van der Waals surface area contributed by atoms with Crippen molar-refractivity contribution < 1.29 is 4.79 Å². The lowest BCUT2D eigenvalue weighted by Gasteiger charge is -2.09. The number of hydrogen-bond acceptors (Lipinski definition) is 3. The highest BCUT2D eigenvalue weighted by Crippen LogP contribution is 2.09. The third-order valence-corrected chi connectivity index (χ3v) is 2.71. The molecule has 0 radical (unpaired) electrons.